The van der Waals surface area contributed by atoms with Crippen molar-refractivity contribution in [3.63, 3.8) is 0 Å². The second-order valence-corrected chi connectivity index (χ2v) is 8.72. The Morgan fingerprint density at radius 3 is 2.58 bits per heavy atom. The first-order valence-corrected chi connectivity index (χ1v) is 11.2. The number of aromatic nitrogens is 1. The number of aryl methyl sites for hydroxylation is 1. The van der Waals surface area contributed by atoms with Crippen LogP contribution in [-0.2, 0) is 15.0 Å². The summed E-state index contributed by atoms with van der Waals surface area (Å²) in [6, 6.07) is 3.71. The number of phenolic OH excluding ortho intramolecular Hbond substituents is 1. The van der Waals surface area contributed by atoms with Gasteiger partial charge in [-0.1, -0.05) is 0 Å². The van der Waals surface area contributed by atoms with Crippen LogP contribution in [0.25, 0.3) is 0 Å². The van der Waals surface area contributed by atoms with E-state index in [4.69, 9.17) is 13.3 Å². The molecule has 0 aliphatic rings. The number of phenols is 1. The third-order valence-electron chi connectivity index (χ3n) is 2.71. The number of anilines is 1. The van der Waals surface area contributed by atoms with Crippen molar-refractivity contribution in [2.45, 2.75) is 19.8 Å². The number of aliphatic hydroxyl groups is 1. The number of carbonyl (C=O) groups excluding carboxylic acids is 1. The van der Waals surface area contributed by atoms with E-state index in [1.807, 2.05) is 10.9 Å². The number of para-hydroxylation sites is 1. The zero-order valence-electron chi connectivity index (χ0n) is 12.9. The summed E-state index contributed by atoms with van der Waals surface area (Å²) >= 11 is -3.54. The second kappa shape index (κ2) is 9.61. The molecule has 0 aliphatic heterocycles. The van der Waals surface area contributed by atoms with Gasteiger partial charge >= 0.3 is 88.1 Å². The summed E-state index contributed by atoms with van der Waals surface area (Å²) in [6.07, 6.45) is 1.73. The van der Waals surface area contributed by atoms with Crippen LogP contribution in [0.3, 0.4) is 0 Å². The van der Waals surface area contributed by atoms with Gasteiger partial charge in [0.2, 0.25) is 0 Å². The molecule has 1 amide bonds. The Labute approximate surface area is 145 Å². The summed E-state index contributed by atoms with van der Waals surface area (Å²) in [5.41, 5.74) is 2.68. The van der Waals surface area contributed by atoms with Gasteiger partial charge < -0.3 is 5.11 Å². The average molecular weight is 418 g/mol. The fraction of sp³-hybridized carbons (Fsp3) is 0.286. The molecule has 0 bridgehead atoms. The predicted octanol–water partition coefficient (Wildman–Crippen LogP) is -0.0204. The van der Waals surface area contributed by atoms with Crippen LogP contribution in [0.4, 0.5) is 5.69 Å². The van der Waals surface area contributed by atoms with Crippen molar-refractivity contribution in [3.05, 3.63) is 34.8 Å². The molecule has 8 nitrogen and oxygen atoms in total. The fourth-order valence-electron chi connectivity index (χ4n) is 1.70. The third-order valence-corrected chi connectivity index (χ3v) is 5.44. The van der Waals surface area contributed by atoms with E-state index in [-0.39, 0.29) is 22.4 Å². The maximum absolute atomic E-state index is 11.1. The van der Waals surface area contributed by atoms with Crippen LogP contribution in [0.15, 0.2) is 29.1 Å². The predicted molar refractivity (Wildman–Crippen MR) is 90.4 cm³/mol. The molecule has 10 heteroatoms. The minimum Gasteiger partial charge on any atom is -0.396 e. The van der Waals surface area contributed by atoms with Gasteiger partial charge in [-0.15, -0.1) is 11.3 Å². The van der Waals surface area contributed by atoms with E-state index in [1.54, 1.807) is 11.3 Å². The summed E-state index contributed by atoms with van der Waals surface area (Å²) in [5.74, 6) is -0.880. The molecule has 1 heterocycles. The average Bonchev–Trinajstić information content (AvgIpc) is 2.99. The van der Waals surface area contributed by atoms with Crippen molar-refractivity contribution in [1.29, 1.82) is 0 Å². The molecular formula is C14H19AsN2O6S. The standard InChI is InChI=1S/C8H10AsNO5.C6H9NOS/c1-5(11)10-8-6(9(13,14)15)3-2-4-7(8)12;8-3-1-2-6-4-9-5-7-6/h2-4,12H,1H3,(H,10,11)(H2,13,14,15);4-5,8H,1-3H2. The molecule has 132 valence electrons. The molecule has 0 fully saturated rings. The van der Waals surface area contributed by atoms with E-state index >= 15 is 0 Å². The van der Waals surface area contributed by atoms with Crippen LogP contribution in [0, 0.1) is 0 Å². The van der Waals surface area contributed by atoms with Crippen LogP contribution >= 0.6 is 11.3 Å². The molecule has 0 atom stereocenters. The first-order valence-electron chi connectivity index (χ1n) is 6.89. The van der Waals surface area contributed by atoms with Crippen LogP contribution in [0.1, 0.15) is 19.0 Å². The molecule has 24 heavy (non-hydrogen) atoms. The van der Waals surface area contributed by atoms with Gasteiger partial charge in [-0.05, 0) is 12.8 Å². The van der Waals surface area contributed by atoms with E-state index in [1.165, 1.54) is 25.1 Å². The Hall–Kier alpha value is -1.64. The van der Waals surface area contributed by atoms with Crippen LogP contribution in [0.5, 0.6) is 5.75 Å². The third kappa shape index (κ3) is 6.86. The molecule has 0 unspecified atom stereocenters. The molecular weight excluding hydrogens is 399 g/mol. The monoisotopic (exact) mass is 418 g/mol. The number of hydrogen-bond acceptors (Lipinski definition) is 6. The van der Waals surface area contributed by atoms with Gasteiger partial charge in [0, 0.05) is 12.0 Å². The molecule has 1 aromatic heterocycles. The minimum atomic E-state index is -5.14. The molecule has 1 aromatic carbocycles. The second-order valence-electron chi connectivity index (χ2n) is 4.70. The van der Waals surface area contributed by atoms with E-state index in [9.17, 15) is 13.6 Å². The van der Waals surface area contributed by atoms with Gasteiger partial charge in [-0.25, -0.2) is 4.98 Å². The Balaban J connectivity index is 0.000000272. The van der Waals surface area contributed by atoms with Gasteiger partial charge in [0.15, 0.2) is 0 Å². The van der Waals surface area contributed by atoms with Crippen LogP contribution in [0.2, 0.25) is 0 Å². The van der Waals surface area contributed by atoms with E-state index in [0.29, 0.717) is 0 Å². The van der Waals surface area contributed by atoms with E-state index < -0.39 is 20.1 Å². The van der Waals surface area contributed by atoms with Gasteiger partial charge in [-0.3, -0.25) is 0 Å². The number of amides is 1. The largest absolute Gasteiger partial charge is 0.396 e. The molecule has 5 N–H and O–H groups in total. The molecule has 0 saturated carbocycles. The molecule has 2 rings (SSSR count). The van der Waals surface area contributed by atoms with Crippen molar-refractivity contribution < 1.29 is 26.9 Å². The number of nitrogens with one attached hydrogen (secondary N) is 1. The normalized spacial score (nSPS) is 10.7. The molecule has 0 spiro atoms. The molecule has 0 aliphatic carbocycles. The minimum absolute atomic E-state index is 0.225. The number of rotatable bonds is 5. The number of aromatic hydroxyl groups is 1. The summed E-state index contributed by atoms with van der Waals surface area (Å²) in [6.45, 7) is 1.44. The van der Waals surface area contributed by atoms with Crippen molar-refractivity contribution in [2.75, 3.05) is 11.9 Å². The number of carbonyl (C=O) groups is 1. The van der Waals surface area contributed by atoms with Crippen LogP contribution in [-0.4, -0.2) is 50.1 Å². The molecule has 0 saturated heterocycles. The zero-order chi connectivity index (χ0) is 18.2. The Bertz CT molecular complexity index is 701. The van der Waals surface area contributed by atoms with Gasteiger partial charge in [0.1, 0.15) is 0 Å². The Kier molecular flexibility index (Phi) is 8.17. The first kappa shape index (κ1) is 20.4. The Morgan fingerprint density at radius 1 is 1.38 bits per heavy atom. The maximum Gasteiger partial charge on any atom is 0.0794 e. The number of hydrogen-bond donors (Lipinski definition) is 5. The van der Waals surface area contributed by atoms with Crippen molar-refractivity contribution in [3.8, 4) is 5.75 Å². The molecule has 0 radical (unpaired) electrons. The maximum atomic E-state index is 11.1. The van der Waals surface area contributed by atoms with Gasteiger partial charge in [-0.2, -0.15) is 0 Å². The SMILES string of the molecule is CC(=O)Nc1c(O)cccc1[As](=O)(O)O.OCCCc1cscn1. The van der Waals surface area contributed by atoms with Crippen molar-refractivity contribution in [1.82, 2.24) is 4.98 Å². The first-order chi connectivity index (χ1) is 11.3. The van der Waals surface area contributed by atoms with Crippen LogP contribution < -0.4 is 9.67 Å². The fourth-order valence-corrected chi connectivity index (χ4v) is 3.85. The number of nitrogens with zero attached hydrogens (tertiary/aromatic N) is 1. The summed E-state index contributed by atoms with van der Waals surface area (Å²) in [7, 11) is 0. The van der Waals surface area contributed by atoms with Gasteiger partial charge in [0.25, 0.3) is 0 Å². The quantitative estimate of drug-likeness (QED) is 0.340. The summed E-state index contributed by atoms with van der Waals surface area (Å²) in [4.78, 5) is 14.8. The summed E-state index contributed by atoms with van der Waals surface area (Å²) < 4.78 is 28.8. The smallest absolute Gasteiger partial charge is 0.0794 e. The summed E-state index contributed by atoms with van der Waals surface area (Å²) in [5, 5.41) is 22.0. The van der Waals surface area contributed by atoms with E-state index in [2.05, 4.69) is 10.3 Å². The topological polar surface area (TPSA) is 140 Å². The number of benzene rings is 1. The Morgan fingerprint density at radius 2 is 2.08 bits per heavy atom. The van der Waals surface area contributed by atoms with E-state index in [0.717, 1.165) is 18.5 Å². The zero-order valence-corrected chi connectivity index (χ0v) is 15.6. The van der Waals surface area contributed by atoms with Crippen molar-refractivity contribution in [2.24, 2.45) is 0 Å². The van der Waals surface area contributed by atoms with Gasteiger partial charge in [0.05, 0.1) is 11.2 Å². The number of thiazole rings is 1. The van der Waals surface area contributed by atoms with Crippen molar-refractivity contribution >= 4 is 41.5 Å². The number of aliphatic hydroxyl groups excluding tert-OH is 1. The molecule has 2 aromatic rings.